The Bertz CT molecular complexity index is 444. The largest absolute Gasteiger partial charge is 0.297 e. The van der Waals surface area contributed by atoms with Gasteiger partial charge in [0, 0.05) is 32.7 Å². The third-order valence-corrected chi connectivity index (χ3v) is 3.39. The zero-order chi connectivity index (χ0) is 13.5. The van der Waals surface area contributed by atoms with Gasteiger partial charge in [-0.15, -0.1) is 0 Å². The van der Waals surface area contributed by atoms with E-state index in [9.17, 15) is 4.79 Å². The van der Waals surface area contributed by atoms with Gasteiger partial charge in [-0.3, -0.25) is 14.6 Å². The summed E-state index contributed by atoms with van der Waals surface area (Å²) in [5.74, 6) is 0.0269. The molecule has 1 heterocycles. The molecule has 100 valence electrons. The molecule has 0 unspecified atom stereocenters. The zero-order valence-corrected chi connectivity index (χ0v) is 11.1. The Kier molecular flexibility index (Phi) is 5.08. The highest BCUT2D eigenvalue weighted by atomic mass is 16.1. The molecule has 19 heavy (non-hydrogen) atoms. The molecule has 0 aliphatic carbocycles. The molecule has 4 nitrogen and oxygen atoms in total. The Morgan fingerprint density at radius 2 is 1.74 bits per heavy atom. The lowest BCUT2D eigenvalue weighted by Gasteiger charge is -2.34. The molecule has 0 aromatic heterocycles. The summed E-state index contributed by atoms with van der Waals surface area (Å²) in [5, 5.41) is 8.47. The number of benzene rings is 1. The van der Waals surface area contributed by atoms with Crippen LogP contribution in [0.5, 0.6) is 0 Å². The fraction of sp³-hybridized carbons (Fsp3) is 0.467. The summed E-state index contributed by atoms with van der Waals surface area (Å²) < 4.78 is 0. The van der Waals surface area contributed by atoms with E-state index >= 15 is 0 Å². The van der Waals surface area contributed by atoms with Gasteiger partial charge >= 0.3 is 0 Å². The standard InChI is InChI=1S/C15H19N3O/c16-7-6-15(19)13-18-10-8-17(9-11-18)12-14-4-2-1-3-5-14/h1-5H,6,8-13H2. The van der Waals surface area contributed by atoms with Gasteiger partial charge in [0.25, 0.3) is 0 Å². The molecule has 0 bridgehead atoms. The van der Waals surface area contributed by atoms with Gasteiger partial charge in [0.1, 0.15) is 0 Å². The number of ketones is 1. The summed E-state index contributed by atoms with van der Waals surface area (Å²) in [6.07, 6.45) is 0.0320. The van der Waals surface area contributed by atoms with Crippen LogP contribution in [0.4, 0.5) is 0 Å². The Hall–Kier alpha value is -1.70. The number of nitrogens with zero attached hydrogens (tertiary/aromatic N) is 3. The number of hydrogen-bond donors (Lipinski definition) is 0. The van der Waals surface area contributed by atoms with Crippen LogP contribution in [0.25, 0.3) is 0 Å². The topological polar surface area (TPSA) is 47.3 Å². The van der Waals surface area contributed by atoms with Gasteiger partial charge in [-0.2, -0.15) is 5.26 Å². The molecule has 0 atom stereocenters. The summed E-state index contributed by atoms with van der Waals surface area (Å²) >= 11 is 0. The first kappa shape index (κ1) is 13.7. The van der Waals surface area contributed by atoms with Crippen LogP contribution in [0.3, 0.4) is 0 Å². The summed E-state index contributed by atoms with van der Waals surface area (Å²) in [6.45, 7) is 5.17. The van der Waals surface area contributed by atoms with Crippen molar-refractivity contribution in [3.8, 4) is 6.07 Å². The van der Waals surface area contributed by atoms with Crippen molar-refractivity contribution in [3.63, 3.8) is 0 Å². The normalized spacial score (nSPS) is 17.0. The van der Waals surface area contributed by atoms with Gasteiger partial charge in [-0.05, 0) is 5.56 Å². The number of rotatable bonds is 5. The molecule has 0 spiro atoms. The van der Waals surface area contributed by atoms with Crippen molar-refractivity contribution in [1.29, 1.82) is 5.26 Å². The Morgan fingerprint density at radius 3 is 2.37 bits per heavy atom. The van der Waals surface area contributed by atoms with E-state index in [0.29, 0.717) is 6.54 Å². The summed E-state index contributed by atoms with van der Waals surface area (Å²) in [5.41, 5.74) is 1.33. The summed E-state index contributed by atoms with van der Waals surface area (Å²) in [4.78, 5) is 15.9. The van der Waals surface area contributed by atoms with Gasteiger partial charge in [0.05, 0.1) is 19.0 Å². The van der Waals surface area contributed by atoms with Crippen molar-refractivity contribution in [1.82, 2.24) is 9.80 Å². The van der Waals surface area contributed by atoms with Crippen molar-refractivity contribution >= 4 is 5.78 Å². The predicted molar refractivity (Wildman–Crippen MR) is 73.4 cm³/mol. The average Bonchev–Trinajstić information content (AvgIpc) is 2.42. The first-order valence-corrected chi connectivity index (χ1v) is 6.65. The van der Waals surface area contributed by atoms with Crippen LogP contribution in [0.15, 0.2) is 30.3 Å². The number of piperazine rings is 1. The van der Waals surface area contributed by atoms with Gasteiger partial charge in [0.15, 0.2) is 5.78 Å². The molecule has 0 N–H and O–H groups in total. The minimum absolute atomic E-state index is 0.0269. The number of Topliss-reactive ketones (excluding diaryl/α,β-unsaturated/α-hetero) is 1. The van der Waals surface area contributed by atoms with E-state index in [4.69, 9.17) is 5.26 Å². The highest BCUT2D eigenvalue weighted by Gasteiger charge is 2.18. The average molecular weight is 257 g/mol. The van der Waals surface area contributed by atoms with Crippen molar-refractivity contribution in [2.45, 2.75) is 13.0 Å². The SMILES string of the molecule is N#CCC(=O)CN1CCN(Cc2ccccc2)CC1. The van der Waals surface area contributed by atoms with Crippen molar-refractivity contribution < 1.29 is 4.79 Å². The van der Waals surface area contributed by atoms with Crippen molar-refractivity contribution in [3.05, 3.63) is 35.9 Å². The Balaban J connectivity index is 1.74. The molecule has 0 saturated carbocycles. The molecule has 1 aromatic rings. The first-order chi connectivity index (χ1) is 9.28. The smallest absolute Gasteiger partial charge is 0.160 e. The molecule has 1 fully saturated rings. The third-order valence-electron chi connectivity index (χ3n) is 3.39. The van der Waals surface area contributed by atoms with Crippen LogP contribution < -0.4 is 0 Å². The molecular formula is C15H19N3O. The van der Waals surface area contributed by atoms with E-state index in [-0.39, 0.29) is 12.2 Å². The fourth-order valence-electron chi connectivity index (χ4n) is 2.34. The van der Waals surface area contributed by atoms with Crippen LogP contribution in [0, 0.1) is 11.3 Å². The van der Waals surface area contributed by atoms with E-state index < -0.39 is 0 Å². The van der Waals surface area contributed by atoms with Crippen molar-refractivity contribution in [2.75, 3.05) is 32.7 Å². The molecule has 0 amide bonds. The molecule has 2 rings (SSSR count). The molecule has 1 saturated heterocycles. The van der Waals surface area contributed by atoms with Crippen LogP contribution >= 0.6 is 0 Å². The molecule has 1 aromatic carbocycles. The lowest BCUT2D eigenvalue weighted by molar-refractivity contribution is -0.119. The summed E-state index contributed by atoms with van der Waals surface area (Å²) in [6, 6.07) is 12.3. The quantitative estimate of drug-likeness (QED) is 0.797. The van der Waals surface area contributed by atoms with E-state index in [1.807, 2.05) is 12.1 Å². The van der Waals surface area contributed by atoms with Gasteiger partial charge in [-0.25, -0.2) is 0 Å². The van der Waals surface area contributed by atoms with Crippen LogP contribution in [0.2, 0.25) is 0 Å². The fourth-order valence-corrected chi connectivity index (χ4v) is 2.34. The first-order valence-electron chi connectivity index (χ1n) is 6.65. The maximum atomic E-state index is 11.4. The van der Waals surface area contributed by atoms with E-state index in [1.165, 1.54) is 5.56 Å². The number of carbonyl (C=O) groups is 1. The van der Waals surface area contributed by atoms with E-state index in [2.05, 4.69) is 34.1 Å². The molecule has 4 heteroatoms. The van der Waals surface area contributed by atoms with Gasteiger partial charge in [0.2, 0.25) is 0 Å². The number of carbonyl (C=O) groups excluding carboxylic acids is 1. The van der Waals surface area contributed by atoms with Crippen LogP contribution in [0.1, 0.15) is 12.0 Å². The second kappa shape index (κ2) is 7.03. The lowest BCUT2D eigenvalue weighted by Crippen LogP contribution is -2.47. The van der Waals surface area contributed by atoms with Crippen LogP contribution in [-0.2, 0) is 11.3 Å². The number of nitriles is 1. The van der Waals surface area contributed by atoms with Gasteiger partial charge in [-0.1, -0.05) is 30.3 Å². The highest BCUT2D eigenvalue weighted by Crippen LogP contribution is 2.08. The monoisotopic (exact) mass is 257 g/mol. The minimum atomic E-state index is 0.0269. The second-order valence-corrected chi connectivity index (χ2v) is 4.91. The lowest BCUT2D eigenvalue weighted by atomic mass is 10.2. The molecule has 1 aliphatic heterocycles. The second-order valence-electron chi connectivity index (χ2n) is 4.91. The van der Waals surface area contributed by atoms with Crippen molar-refractivity contribution in [2.24, 2.45) is 0 Å². The zero-order valence-electron chi connectivity index (χ0n) is 11.1. The minimum Gasteiger partial charge on any atom is -0.297 e. The van der Waals surface area contributed by atoms with E-state index in [1.54, 1.807) is 0 Å². The molecular weight excluding hydrogens is 238 g/mol. The Morgan fingerprint density at radius 1 is 1.11 bits per heavy atom. The Labute approximate surface area is 114 Å². The van der Waals surface area contributed by atoms with Gasteiger partial charge < -0.3 is 0 Å². The molecule has 1 aliphatic rings. The van der Waals surface area contributed by atoms with Crippen LogP contribution in [-0.4, -0.2) is 48.3 Å². The number of hydrogen-bond acceptors (Lipinski definition) is 4. The predicted octanol–water partition coefficient (Wildman–Crippen LogP) is 1.29. The summed E-state index contributed by atoms with van der Waals surface area (Å²) in [7, 11) is 0. The maximum absolute atomic E-state index is 11.4. The third kappa shape index (κ3) is 4.47. The molecule has 0 radical (unpaired) electrons. The highest BCUT2D eigenvalue weighted by molar-refractivity contribution is 5.82. The van der Waals surface area contributed by atoms with E-state index in [0.717, 1.165) is 32.7 Å². The maximum Gasteiger partial charge on any atom is 0.160 e.